The Balaban J connectivity index is 2.14. The number of fused-ring (bicyclic) bond motifs is 1. The number of benzene rings is 1. The first-order chi connectivity index (χ1) is 9.85. The average molecular weight is 286 g/mol. The van der Waals surface area contributed by atoms with Crippen LogP contribution in [0.1, 0.15) is 36.3 Å². The van der Waals surface area contributed by atoms with Crippen LogP contribution in [0.4, 0.5) is 4.39 Å². The van der Waals surface area contributed by atoms with Gasteiger partial charge in [0.25, 0.3) is 5.56 Å². The van der Waals surface area contributed by atoms with Gasteiger partial charge in [-0.2, -0.15) is 9.78 Å². The molecule has 1 aromatic heterocycles. The summed E-state index contributed by atoms with van der Waals surface area (Å²) < 4.78 is 14.1. The molecular weight excluding hydrogens is 271 g/mol. The molecule has 0 atom stereocenters. The number of carbonyl (C=O) groups excluding carboxylic acids is 1. The van der Waals surface area contributed by atoms with Crippen molar-refractivity contribution < 1.29 is 9.18 Å². The number of hydrogen-bond donors (Lipinski definition) is 0. The fourth-order valence-electron chi connectivity index (χ4n) is 2.73. The topological polar surface area (TPSA) is 52.0 Å². The van der Waals surface area contributed by atoms with Gasteiger partial charge in [0.2, 0.25) is 0 Å². The highest BCUT2D eigenvalue weighted by atomic mass is 19.1. The Morgan fingerprint density at radius 3 is 2.48 bits per heavy atom. The monoisotopic (exact) mass is 286 g/mol. The number of Topliss-reactive ketones (excluding diaryl/α,β-unsaturated/α-hetero) is 1. The van der Waals surface area contributed by atoms with Gasteiger partial charge >= 0.3 is 0 Å². The van der Waals surface area contributed by atoms with Gasteiger partial charge in [0.1, 0.15) is 11.5 Å². The summed E-state index contributed by atoms with van der Waals surface area (Å²) in [7, 11) is 0. The molecule has 0 N–H and O–H groups in total. The summed E-state index contributed by atoms with van der Waals surface area (Å²) in [5.74, 6) is -0.445. The lowest BCUT2D eigenvalue weighted by atomic mass is 9.75. The highest BCUT2D eigenvalue weighted by molar-refractivity contribution is 5.97. The van der Waals surface area contributed by atoms with Gasteiger partial charge in [0.15, 0.2) is 5.78 Å². The van der Waals surface area contributed by atoms with Crippen LogP contribution in [0.5, 0.6) is 0 Å². The third-order valence-corrected chi connectivity index (χ3v) is 3.65. The molecule has 1 aliphatic rings. The summed E-state index contributed by atoms with van der Waals surface area (Å²) in [6, 6.07) is 6.91. The van der Waals surface area contributed by atoms with Crippen molar-refractivity contribution in [3.05, 3.63) is 57.8 Å². The van der Waals surface area contributed by atoms with Gasteiger partial charge in [-0.3, -0.25) is 9.59 Å². The molecular formula is C16H15FN2O2. The number of hydrogen-bond acceptors (Lipinski definition) is 3. The largest absolute Gasteiger partial charge is 0.292 e. The molecule has 1 heterocycles. The summed E-state index contributed by atoms with van der Waals surface area (Å²) >= 11 is 0. The molecule has 108 valence electrons. The zero-order chi connectivity index (χ0) is 15.2. The molecule has 0 saturated heterocycles. The lowest BCUT2D eigenvalue weighted by Crippen LogP contribution is -2.33. The van der Waals surface area contributed by atoms with E-state index in [2.05, 4.69) is 5.10 Å². The molecule has 0 spiro atoms. The first-order valence-electron chi connectivity index (χ1n) is 6.78. The van der Waals surface area contributed by atoms with Gasteiger partial charge in [-0.25, -0.2) is 4.39 Å². The van der Waals surface area contributed by atoms with Crippen molar-refractivity contribution in [3.8, 4) is 5.69 Å². The number of aromatic nitrogens is 2. The van der Waals surface area contributed by atoms with Gasteiger partial charge in [-0.15, -0.1) is 0 Å². The molecule has 21 heavy (non-hydrogen) atoms. The van der Waals surface area contributed by atoms with E-state index in [9.17, 15) is 14.0 Å². The minimum absolute atomic E-state index is 0.0582. The van der Waals surface area contributed by atoms with Gasteiger partial charge in [-0.05, 0) is 41.7 Å². The van der Waals surface area contributed by atoms with Crippen molar-refractivity contribution in [2.45, 2.75) is 26.7 Å². The van der Waals surface area contributed by atoms with E-state index in [1.165, 1.54) is 30.3 Å². The lowest BCUT2D eigenvalue weighted by molar-refractivity contribution is 0.0903. The molecule has 0 saturated carbocycles. The Bertz CT molecular complexity index is 776. The van der Waals surface area contributed by atoms with Crippen LogP contribution in [0.3, 0.4) is 0 Å². The zero-order valence-electron chi connectivity index (χ0n) is 11.9. The molecule has 0 amide bonds. The Hall–Kier alpha value is -2.30. The molecule has 2 aromatic rings. The van der Waals surface area contributed by atoms with Crippen LogP contribution in [0, 0.1) is 11.2 Å². The molecule has 0 unspecified atom stereocenters. The summed E-state index contributed by atoms with van der Waals surface area (Å²) in [6.45, 7) is 4.00. The van der Waals surface area contributed by atoms with E-state index >= 15 is 0 Å². The quantitative estimate of drug-likeness (QED) is 0.809. The second-order valence-electron chi connectivity index (χ2n) is 6.19. The van der Waals surface area contributed by atoms with Gasteiger partial charge < -0.3 is 0 Å². The number of nitrogens with zero attached hydrogens (tertiary/aromatic N) is 2. The fourth-order valence-corrected chi connectivity index (χ4v) is 2.73. The van der Waals surface area contributed by atoms with Crippen molar-refractivity contribution in [1.29, 1.82) is 0 Å². The van der Waals surface area contributed by atoms with Crippen LogP contribution in [0.2, 0.25) is 0 Å². The van der Waals surface area contributed by atoms with Gasteiger partial charge in [0.05, 0.1) is 5.69 Å². The first kappa shape index (κ1) is 13.7. The van der Waals surface area contributed by atoms with E-state index in [-0.39, 0.29) is 22.6 Å². The predicted octanol–water partition coefficient (Wildman–Crippen LogP) is 2.53. The molecule has 4 nitrogen and oxygen atoms in total. The summed E-state index contributed by atoms with van der Waals surface area (Å²) in [6.07, 6.45) is 1.06. The van der Waals surface area contributed by atoms with Crippen LogP contribution >= 0.6 is 0 Å². The normalized spacial score (nSPS) is 16.6. The maximum Gasteiger partial charge on any atom is 0.271 e. The average Bonchev–Trinajstić information content (AvgIpc) is 2.38. The molecule has 0 fully saturated rings. The van der Waals surface area contributed by atoms with Crippen molar-refractivity contribution in [3.63, 3.8) is 0 Å². The minimum Gasteiger partial charge on any atom is -0.292 e. The molecule has 3 rings (SSSR count). The number of carbonyl (C=O) groups is 1. The highest BCUT2D eigenvalue weighted by Crippen LogP contribution is 2.33. The van der Waals surface area contributed by atoms with Crippen LogP contribution in [-0.2, 0) is 6.42 Å². The molecule has 0 aliphatic heterocycles. The maximum atomic E-state index is 13.0. The Morgan fingerprint density at radius 2 is 1.81 bits per heavy atom. The van der Waals surface area contributed by atoms with Gasteiger partial charge in [0, 0.05) is 12.5 Å². The summed E-state index contributed by atoms with van der Waals surface area (Å²) in [4.78, 5) is 24.4. The molecule has 0 radical (unpaired) electrons. The summed E-state index contributed by atoms with van der Waals surface area (Å²) in [5.41, 5.74) is 1.02. The Labute approximate surface area is 121 Å². The molecule has 0 bridgehead atoms. The van der Waals surface area contributed by atoms with Crippen molar-refractivity contribution >= 4 is 5.78 Å². The second kappa shape index (κ2) is 4.62. The third kappa shape index (κ3) is 2.51. The smallest absolute Gasteiger partial charge is 0.271 e. The highest BCUT2D eigenvalue weighted by Gasteiger charge is 2.32. The fraction of sp³-hybridized carbons (Fsp3) is 0.312. The van der Waals surface area contributed by atoms with E-state index in [0.717, 1.165) is 4.68 Å². The Kier molecular flexibility index (Phi) is 3.01. The SMILES string of the molecule is CC1(C)CC(=O)c2nn(-c3ccc(F)cc3)c(=O)cc2C1. The van der Waals surface area contributed by atoms with Crippen molar-refractivity contribution in [1.82, 2.24) is 9.78 Å². The van der Waals surface area contributed by atoms with Crippen LogP contribution in [-0.4, -0.2) is 15.6 Å². The molecule has 5 heteroatoms. The summed E-state index contributed by atoms with van der Waals surface area (Å²) in [5, 5.41) is 4.19. The van der Waals surface area contributed by atoms with Crippen molar-refractivity contribution in [2.24, 2.45) is 5.41 Å². The zero-order valence-corrected chi connectivity index (χ0v) is 11.9. The second-order valence-corrected chi connectivity index (χ2v) is 6.19. The van der Waals surface area contributed by atoms with Gasteiger partial charge in [-0.1, -0.05) is 13.8 Å². The number of rotatable bonds is 1. The first-order valence-corrected chi connectivity index (χ1v) is 6.78. The Morgan fingerprint density at radius 1 is 1.14 bits per heavy atom. The van der Waals surface area contributed by atoms with Crippen LogP contribution < -0.4 is 5.56 Å². The maximum absolute atomic E-state index is 13.0. The van der Waals surface area contributed by atoms with Crippen molar-refractivity contribution in [2.75, 3.05) is 0 Å². The van der Waals surface area contributed by atoms with E-state index in [4.69, 9.17) is 0 Å². The van der Waals surface area contributed by atoms with E-state index < -0.39 is 0 Å². The minimum atomic E-state index is -0.386. The van der Waals surface area contributed by atoms with E-state index in [1.54, 1.807) is 0 Å². The molecule has 1 aliphatic carbocycles. The molecule has 1 aromatic carbocycles. The van der Waals surface area contributed by atoms with Crippen LogP contribution in [0.25, 0.3) is 5.69 Å². The van der Waals surface area contributed by atoms with E-state index in [1.807, 2.05) is 13.8 Å². The lowest BCUT2D eigenvalue weighted by Gasteiger charge is -2.29. The number of ketones is 1. The third-order valence-electron chi connectivity index (χ3n) is 3.65. The standard InChI is InChI=1S/C16H15FN2O2/c1-16(2)8-10-7-14(21)19(18-15(10)13(20)9-16)12-5-3-11(17)4-6-12/h3-7H,8-9H2,1-2H3. The van der Waals surface area contributed by atoms with Crippen LogP contribution in [0.15, 0.2) is 35.1 Å². The number of halogens is 1. The predicted molar refractivity (Wildman–Crippen MR) is 76.2 cm³/mol. The van der Waals surface area contributed by atoms with E-state index in [0.29, 0.717) is 29.8 Å².